The number of nitrogens with zero attached hydrogens (tertiary/aromatic N) is 1. The van der Waals surface area contributed by atoms with Gasteiger partial charge in [0.1, 0.15) is 11.0 Å². The molecule has 1 aromatic rings. The van der Waals surface area contributed by atoms with Crippen LogP contribution in [-0.4, -0.2) is 23.6 Å². The average Bonchev–Trinajstić information content (AvgIpc) is 2.65. The molecule has 16 heavy (non-hydrogen) atoms. The van der Waals surface area contributed by atoms with Gasteiger partial charge < -0.3 is 4.74 Å². The third kappa shape index (κ3) is 3.90. The minimum atomic E-state index is -0.232. The summed E-state index contributed by atoms with van der Waals surface area (Å²) in [4.78, 5) is 15.8. The highest BCUT2D eigenvalue weighted by molar-refractivity contribution is 7.09. The minimum Gasteiger partial charge on any atom is -0.465 e. The molecule has 0 saturated carbocycles. The number of thiazole rings is 1. The molecule has 1 N–H and O–H groups in total. The van der Waals surface area contributed by atoms with Crippen LogP contribution in [0.15, 0.2) is 5.38 Å². The zero-order valence-electron chi connectivity index (χ0n) is 9.95. The number of hydrogen-bond acceptors (Lipinski definition) is 5. The van der Waals surface area contributed by atoms with Gasteiger partial charge in [0.05, 0.1) is 6.61 Å². The Morgan fingerprint density at radius 2 is 2.38 bits per heavy atom. The van der Waals surface area contributed by atoms with Gasteiger partial charge in [-0.1, -0.05) is 6.92 Å². The minimum absolute atomic E-state index is 0.182. The molecule has 1 aromatic heterocycles. The van der Waals surface area contributed by atoms with Gasteiger partial charge in [0, 0.05) is 17.6 Å². The lowest BCUT2D eigenvalue weighted by Gasteiger charge is -2.14. The predicted octanol–water partition coefficient (Wildman–Crippen LogP) is 1.88. The van der Waals surface area contributed by atoms with Crippen molar-refractivity contribution >= 4 is 17.3 Å². The molecule has 0 aromatic carbocycles. The molecule has 0 radical (unpaired) electrons. The number of ether oxygens (including phenoxy) is 1. The molecule has 0 saturated heterocycles. The Labute approximate surface area is 100 Å². The second kappa shape index (κ2) is 6.60. The van der Waals surface area contributed by atoms with E-state index in [4.69, 9.17) is 4.74 Å². The maximum absolute atomic E-state index is 11.5. The fourth-order valence-corrected chi connectivity index (χ4v) is 2.05. The lowest BCUT2D eigenvalue weighted by molar-refractivity contribution is -0.145. The van der Waals surface area contributed by atoms with Crippen molar-refractivity contribution < 1.29 is 9.53 Å². The first-order valence-corrected chi connectivity index (χ1v) is 6.36. The van der Waals surface area contributed by atoms with Crippen LogP contribution < -0.4 is 5.32 Å². The number of aryl methyl sites for hydroxylation is 1. The van der Waals surface area contributed by atoms with Gasteiger partial charge in [-0.15, -0.1) is 11.3 Å². The molecular weight excluding hydrogens is 224 g/mol. The van der Waals surface area contributed by atoms with E-state index in [2.05, 4.69) is 10.3 Å². The average molecular weight is 242 g/mol. The number of rotatable bonds is 6. The number of carbonyl (C=O) groups excluding carboxylic acids is 1. The second-order valence-corrected chi connectivity index (χ2v) is 4.42. The van der Waals surface area contributed by atoms with Crippen LogP contribution in [0.4, 0.5) is 0 Å². The van der Waals surface area contributed by atoms with E-state index in [1.54, 1.807) is 11.3 Å². The molecule has 1 unspecified atom stereocenters. The quantitative estimate of drug-likeness (QED) is 0.774. The van der Waals surface area contributed by atoms with E-state index in [0.29, 0.717) is 13.2 Å². The summed E-state index contributed by atoms with van der Waals surface area (Å²) in [5.41, 5.74) is 1.02. The number of esters is 1. The summed E-state index contributed by atoms with van der Waals surface area (Å²) < 4.78 is 4.97. The molecule has 5 heteroatoms. The zero-order valence-corrected chi connectivity index (χ0v) is 10.8. The van der Waals surface area contributed by atoms with Gasteiger partial charge >= 0.3 is 5.97 Å². The lowest BCUT2D eigenvalue weighted by Crippen LogP contribution is -2.37. The van der Waals surface area contributed by atoms with Crippen LogP contribution in [0.3, 0.4) is 0 Å². The second-order valence-electron chi connectivity index (χ2n) is 3.48. The van der Waals surface area contributed by atoms with Crippen molar-refractivity contribution in [2.45, 2.75) is 39.8 Å². The summed E-state index contributed by atoms with van der Waals surface area (Å²) in [6, 6.07) is -0.232. The first-order chi connectivity index (χ1) is 7.67. The molecule has 0 fully saturated rings. The van der Waals surface area contributed by atoms with Gasteiger partial charge in [0.25, 0.3) is 0 Å². The zero-order chi connectivity index (χ0) is 12.0. The SMILES string of the molecule is CCOC(=O)C(CC)NCc1nc(C)cs1. The summed E-state index contributed by atoms with van der Waals surface area (Å²) in [5, 5.41) is 6.16. The topological polar surface area (TPSA) is 51.2 Å². The van der Waals surface area contributed by atoms with Crippen molar-refractivity contribution in [1.29, 1.82) is 0 Å². The van der Waals surface area contributed by atoms with Crippen LogP contribution in [-0.2, 0) is 16.1 Å². The fourth-order valence-electron chi connectivity index (χ4n) is 1.33. The van der Waals surface area contributed by atoms with Crippen LogP contribution in [0.5, 0.6) is 0 Å². The molecule has 0 aliphatic heterocycles. The molecule has 0 amide bonds. The fraction of sp³-hybridized carbons (Fsp3) is 0.636. The van der Waals surface area contributed by atoms with Crippen LogP contribution in [0.2, 0.25) is 0 Å². The number of aromatic nitrogens is 1. The maximum atomic E-state index is 11.5. The van der Waals surface area contributed by atoms with Crippen LogP contribution in [0.25, 0.3) is 0 Å². The van der Waals surface area contributed by atoms with Crippen LogP contribution >= 0.6 is 11.3 Å². The van der Waals surface area contributed by atoms with E-state index in [-0.39, 0.29) is 12.0 Å². The molecule has 4 nitrogen and oxygen atoms in total. The molecule has 1 heterocycles. The highest BCUT2D eigenvalue weighted by Gasteiger charge is 2.16. The molecular formula is C11H18N2O2S. The van der Waals surface area contributed by atoms with Gasteiger partial charge in [-0.3, -0.25) is 10.1 Å². The molecule has 1 atom stereocenters. The Kier molecular flexibility index (Phi) is 5.42. The van der Waals surface area contributed by atoms with E-state index in [9.17, 15) is 4.79 Å². The summed E-state index contributed by atoms with van der Waals surface area (Å²) in [6.45, 7) is 6.78. The highest BCUT2D eigenvalue weighted by Crippen LogP contribution is 2.08. The Morgan fingerprint density at radius 1 is 1.62 bits per heavy atom. The normalized spacial score (nSPS) is 12.4. The number of hydrogen-bond donors (Lipinski definition) is 1. The van der Waals surface area contributed by atoms with Crippen molar-refractivity contribution in [2.75, 3.05) is 6.61 Å². The van der Waals surface area contributed by atoms with E-state index >= 15 is 0 Å². The standard InChI is InChI=1S/C11H18N2O2S/c1-4-9(11(14)15-5-2)12-6-10-13-8(3)7-16-10/h7,9,12H,4-6H2,1-3H3. The molecule has 90 valence electrons. The van der Waals surface area contributed by atoms with Gasteiger partial charge in [0.2, 0.25) is 0 Å². The van der Waals surface area contributed by atoms with Crippen LogP contribution in [0, 0.1) is 6.92 Å². The lowest BCUT2D eigenvalue weighted by atomic mass is 10.2. The van der Waals surface area contributed by atoms with E-state index < -0.39 is 0 Å². The first-order valence-electron chi connectivity index (χ1n) is 5.48. The van der Waals surface area contributed by atoms with Gasteiger partial charge in [-0.05, 0) is 20.3 Å². The van der Waals surface area contributed by atoms with Crippen molar-refractivity contribution in [3.8, 4) is 0 Å². The van der Waals surface area contributed by atoms with Gasteiger partial charge in [-0.2, -0.15) is 0 Å². The molecule has 0 spiro atoms. The maximum Gasteiger partial charge on any atom is 0.323 e. The number of nitrogens with one attached hydrogen (secondary N) is 1. The van der Waals surface area contributed by atoms with Crippen molar-refractivity contribution in [3.63, 3.8) is 0 Å². The Balaban J connectivity index is 2.42. The molecule has 0 aliphatic rings. The molecule has 0 bridgehead atoms. The van der Waals surface area contributed by atoms with Gasteiger partial charge in [0.15, 0.2) is 0 Å². The first kappa shape index (κ1) is 13.1. The summed E-state index contributed by atoms with van der Waals surface area (Å²) in [6.07, 6.45) is 0.725. The predicted molar refractivity (Wildman–Crippen MR) is 64.4 cm³/mol. The summed E-state index contributed by atoms with van der Waals surface area (Å²) in [7, 11) is 0. The van der Waals surface area contributed by atoms with Crippen molar-refractivity contribution in [1.82, 2.24) is 10.3 Å². The van der Waals surface area contributed by atoms with E-state index in [1.165, 1.54) is 0 Å². The monoisotopic (exact) mass is 242 g/mol. The number of carbonyl (C=O) groups is 1. The van der Waals surface area contributed by atoms with Gasteiger partial charge in [-0.25, -0.2) is 4.98 Å². The third-order valence-corrected chi connectivity index (χ3v) is 3.11. The molecule has 0 aliphatic carbocycles. The third-order valence-electron chi connectivity index (χ3n) is 2.15. The van der Waals surface area contributed by atoms with Crippen LogP contribution in [0.1, 0.15) is 31.0 Å². The Morgan fingerprint density at radius 3 is 2.88 bits per heavy atom. The van der Waals surface area contributed by atoms with Crippen molar-refractivity contribution in [2.24, 2.45) is 0 Å². The molecule has 1 rings (SSSR count). The summed E-state index contributed by atoms with van der Waals surface area (Å²) >= 11 is 1.60. The Bertz CT molecular complexity index is 338. The van der Waals surface area contributed by atoms with E-state index in [1.807, 2.05) is 26.2 Å². The van der Waals surface area contributed by atoms with E-state index in [0.717, 1.165) is 17.1 Å². The smallest absolute Gasteiger partial charge is 0.323 e. The Hall–Kier alpha value is -0.940. The largest absolute Gasteiger partial charge is 0.465 e. The van der Waals surface area contributed by atoms with Crippen molar-refractivity contribution in [3.05, 3.63) is 16.1 Å². The summed E-state index contributed by atoms with van der Waals surface area (Å²) in [5.74, 6) is -0.182. The highest BCUT2D eigenvalue weighted by atomic mass is 32.1.